The van der Waals surface area contributed by atoms with Crippen LogP contribution in [0.5, 0.6) is 17.2 Å². The van der Waals surface area contributed by atoms with Crippen molar-refractivity contribution in [2.75, 3.05) is 7.11 Å². The quantitative estimate of drug-likeness (QED) is 0.595. The molecule has 2 aromatic rings. The first-order valence-corrected chi connectivity index (χ1v) is 7.61. The monoisotopic (exact) mass is 314 g/mol. The summed E-state index contributed by atoms with van der Waals surface area (Å²) >= 11 is 0. The van der Waals surface area contributed by atoms with E-state index in [1.54, 1.807) is 19.2 Å². The maximum absolute atomic E-state index is 11.3. The maximum Gasteiger partial charge on any atom is 0.308 e. The molecular formula is C19H22O4. The zero-order chi connectivity index (χ0) is 16.8. The molecule has 0 aliphatic rings. The van der Waals surface area contributed by atoms with Crippen molar-refractivity contribution in [2.45, 2.75) is 33.8 Å². The van der Waals surface area contributed by atoms with Crippen molar-refractivity contribution in [1.29, 1.82) is 0 Å². The molecular weight excluding hydrogens is 292 g/mol. The van der Waals surface area contributed by atoms with Crippen molar-refractivity contribution < 1.29 is 19.0 Å². The molecule has 4 nitrogen and oxygen atoms in total. The zero-order valence-electron chi connectivity index (χ0n) is 14.0. The Morgan fingerprint density at radius 1 is 1.09 bits per heavy atom. The lowest BCUT2D eigenvalue weighted by Gasteiger charge is -2.15. The van der Waals surface area contributed by atoms with E-state index in [1.807, 2.05) is 19.1 Å². The van der Waals surface area contributed by atoms with E-state index in [9.17, 15) is 4.79 Å². The van der Waals surface area contributed by atoms with E-state index < -0.39 is 0 Å². The molecule has 0 aromatic heterocycles. The maximum atomic E-state index is 11.3. The first-order valence-electron chi connectivity index (χ1n) is 7.61. The van der Waals surface area contributed by atoms with Gasteiger partial charge >= 0.3 is 5.97 Å². The number of benzene rings is 2. The Hall–Kier alpha value is -2.49. The van der Waals surface area contributed by atoms with Gasteiger partial charge in [0.05, 0.1) is 12.7 Å². The summed E-state index contributed by atoms with van der Waals surface area (Å²) in [4.78, 5) is 11.3. The van der Waals surface area contributed by atoms with Crippen LogP contribution in [0.15, 0.2) is 36.4 Å². The summed E-state index contributed by atoms with van der Waals surface area (Å²) in [6.45, 7) is 5.77. The molecule has 0 radical (unpaired) electrons. The topological polar surface area (TPSA) is 44.8 Å². The van der Waals surface area contributed by atoms with Crippen molar-refractivity contribution in [1.82, 2.24) is 0 Å². The molecule has 0 atom stereocenters. The largest absolute Gasteiger partial charge is 0.496 e. The number of carbonyl (C=O) groups excluding carboxylic acids is 1. The van der Waals surface area contributed by atoms with Crippen LogP contribution in [-0.4, -0.2) is 13.1 Å². The molecule has 0 aliphatic heterocycles. The Morgan fingerprint density at radius 2 is 1.83 bits per heavy atom. The van der Waals surface area contributed by atoms with E-state index in [2.05, 4.69) is 19.1 Å². The highest BCUT2D eigenvalue weighted by molar-refractivity contribution is 5.70. The smallest absolute Gasteiger partial charge is 0.308 e. The Balaban J connectivity index is 2.24. The SMILES string of the molecule is CCc1ccc(OCc2c(OC)cccc2OC(C)=O)c(C)c1. The van der Waals surface area contributed by atoms with Gasteiger partial charge in [0.2, 0.25) is 0 Å². The van der Waals surface area contributed by atoms with Gasteiger partial charge in [0.1, 0.15) is 23.9 Å². The molecule has 0 fully saturated rings. The van der Waals surface area contributed by atoms with Gasteiger partial charge < -0.3 is 14.2 Å². The highest BCUT2D eigenvalue weighted by atomic mass is 16.5. The molecule has 0 saturated carbocycles. The third-order valence-corrected chi connectivity index (χ3v) is 3.58. The number of esters is 1. The second-order valence-electron chi connectivity index (χ2n) is 5.27. The van der Waals surface area contributed by atoms with Gasteiger partial charge in [0.15, 0.2) is 0 Å². The van der Waals surface area contributed by atoms with E-state index in [4.69, 9.17) is 14.2 Å². The molecule has 0 spiro atoms. The van der Waals surface area contributed by atoms with Gasteiger partial charge in [-0.2, -0.15) is 0 Å². The summed E-state index contributed by atoms with van der Waals surface area (Å²) in [6, 6.07) is 11.5. The van der Waals surface area contributed by atoms with Crippen LogP contribution in [0.1, 0.15) is 30.5 Å². The summed E-state index contributed by atoms with van der Waals surface area (Å²) in [5, 5.41) is 0. The number of hydrogen-bond donors (Lipinski definition) is 0. The number of hydrogen-bond acceptors (Lipinski definition) is 4. The molecule has 0 N–H and O–H groups in total. The highest BCUT2D eigenvalue weighted by Crippen LogP contribution is 2.30. The fourth-order valence-electron chi connectivity index (χ4n) is 2.37. The van der Waals surface area contributed by atoms with Crippen LogP contribution in [0.4, 0.5) is 0 Å². The molecule has 0 saturated heterocycles. The van der Waals surface area contributed by atoms with Gasteiger partial charge in [-0.1, -0.05) is 25.1 Å². The molecule has 0 unspecified atom stereocenters. The Kier molecular flexibility index (Phi) is 5.63. The van der Waals surface area contributed by atoms with Crippen LogP contribution >= 0.6 is 0 Å². The molecule has 2 aromatic carbocycles. The summed E-state index contributed by atoms with van der Waals surface area (Å²) in [5.74, 6) is 1.52. The summed E-state index contributed by atoms with van der Waals surface area (Å²) in [5.41, 5.74) is 3.06. The van der Waals surface area contributed by atoms with E-state index in [-0.39, 0.29) is 12.6 Å². The average molecular weight is 314 g/mol. The van der Waals surface area contributed by atoms with Gasteiger partial charge in [0, 0.05) is 6.92 Å². The second kappa shape index (κ2) is 7.68. The van der Waals surface area contributed by atoms with Crippen LogP contribution in [0.2, 0.25) is 0 Å². The summed E-state index contributed by atoms with van der Waals surface area (Å²) < 4.78 is 16.5. The molecule has 0 aliphatic carbocycles. The first-order chi connectivity index (χ1) is 11.0. The van der Waals surface area contributed by atoms with Crippen LogP contribution in [0.25, 0.3) is 0 Å². The lowest BCUT2D eigenvalue weighted by Crippen LogP contribution is -2.07. The third-order valence-electron chi connectivity index (χ3n) is 3.58. The van der Waals surface area contributed by atoms with E-state index in [0.717, 1.165) is 17.7 Å². The Morgan fingerprint density at radius 3 is 2.43 bits per heavy atom. The normalized spacial score (nSPS) is 10.3. The molecule has 122 valence electrons. The predicted molar refractivity (Wildman–Crippen MR) is 89.2 cm³/mol. The summed E-state index contributed by atoms with van der Waals surface area (Å²) in [7, 11) is 1.58. The van der Waals surface area contributed by atoms with Crippen LogP contribution in [0, 0.1) is 6.92 Å². The zero-order valence-corrected chi connectivity index (χ0v) is 14.0. The minimum atomic E-state index is -0.372. The van der Waals surface area contributed by atoms with Crippen molar-refractivity contribution in [3.8, 4) is 17.2 Å². The van der Waals surface area contributed by atoms with Gasteiger partial charge in [-0.25, -0.2) is 0 Å². The number of methoxy groups -OCH3 is 1. The van der Waals surface area contributed by atoms with Crippen LogP contribution in [0.3, 0.4) is 0 Å². The molecule has 0 bridgehead atoms. The first kappa shape index (κ1) is 16.9. The number of carbonyl (C=O) groups is 1. The average Bonchev–Trinajstić information content (AvgIpc) is 2.53. The van der Waals surface area contributed by atoms with Crippen molar-refractivity contribution in [3.05, 3.63) is 53.1 Å². The van der Waals surface area contributed by atoms with E-state index in [1.165, 1.54) is 12.5 Å². The Bertz CT molecular complexity index is 692. The molecule has 23 heavy (non-hydrogen) atoms. The number of aryl methyl sites for hydroxylation is 2. The standard InChI is InChI=1S/C19H22O4/c1-5-15-9-10-17(13(2)11-15)22-12-16-18(21-4)7-6-8-19(16)23-14(3)20/h6-11H,5,12H2,1-4H3. The predicted octanol–water partition coefficient (Wildman–Crippen LogP) is 4.07. The van der Waals surface area contributed by atoms with Gasteiger partial charge in [-0.05, 0) is 42.7 Å². The number of rotatable bonds is 6. The van der Waals surface area contributed by atoms with E-state index >= 15 is 0 Å². The van der Waals surface area contributed by atoms with Gasteiger partial charge in [0.25, 0.3) is 0 Å². The highest BCUT2D eigenvalue weighted by Gasteiger charge is 2.13. The van der Waals surface area contributed by atoms with Crippen LogP contribution < -0.4 is 14.2 Å². The lowest BCUT2D eigenvalue weighted by molar-refractivity contribution is -0.131. The second-order valence-corrected chi connectivity index (χ2v) is 5.27. The minimum Gasteiger partial charge on any atom is -0.496 e. The van der Waals surface area contributed by atoms with Gasteiger partial charge in [-0.3, -0.25) is 4.79 Å². The molecule has 0 heterocycles. The minimum absolute atomic E-state index is 0.263. The summed E-state index contributed by atoms with van der Waals surface area (Å²) in [6.07, 6.45) is 0.990. The fourth-order valence-corrected chi connectivity index (χ4v) is 2.37. The Labute approximate surface area is 137 Å². The van der Waals surface area contributed by atoms with Crippen molar-refractivity contribution >= 4 is 5.97 Å². The lowest BCUT2D eigenvalue weighted by atomic mass is 10.1. The van der Waals surface area contributed by atoms with Crippen molar-refractivity contribution in [3.63, 3.8) is 0 Å². The molecule has 2 rings (SSSR count). The fraction of sp³-hybridized carbons (Fsp3) is 0.316. The third kappa shape index (κ3) is 4.25. The van der Waals surface area contributed by atoms with Gasteiger partial charge in [-0.15, -0.1) is 0 Å². The van der Waals surface area contributed by atoms with Crippen LogP contribution in [-0.2, 0) is 17.8 Å². The molecule has 0 amide bonds. The van der Waals surface area contributed by atoms with E-state index in [0.29, 0.717) is 17.1 Å². The number of ether oxygens (including phenoxy) is 3. The van der Waals surface area contributed by atoms with Crippen molar-refractivity contribution in [2.24, 2.45) is 0 Å². The molecule has 4 heteroatoms.